The Morgan fingerprint density at radius 1 is 1.71 bits per heavy atom. The lowest BCUT2D eigenvalue weighted by atomic mass is 9.82. The van der Waals surface area contributed by atoms with E-state index >= 15 is 0 Å². The molecule has 5 nitrogen and oxygen atoms in total. The average Bonchev–Trinajstić information content (AvgIpc) is 2.73. The first kappa shape index (κ1) is 12.1. The maximum atomic E-state index is 12.1. The van der Waals surface area contributed by atoms with Gasteiger partial charge in [0.05, 0.1) is 17.7 Å². The number of hydrogen-bond acceptors (Lipinski definition) is 3. The van der Waals surface area contributed by atoms with Crippen LogP contribution in [0.4, 0.5) is 0 Å². The zero-order valence-corrected chi connectivity index (χ0v) is 10.5. The molecule has 0 saturated carbocycles. The average molecular weight is 236 g/mol. The van der Waals surface area contributed by atoms with E-state index in [9.17, 15) is 4.79 Å². The SMILES string of the molecule is Cn1ccc(CNC(=O)C2(C)CCCNC2)n1. The topological polar surface area (TPSA) is 59.0 Å². The number of carbonyl (C=O) groups is 1. The molecule has 2 N–H and O–H groups in total. The van der Waals surface area contributed by atoms with Crippen LogP contribution >= 0.6 is 0 Å². The van der Waals surface area contributed by atoms with Crippen LogP contribution < -0.4 is 10.6 Å². The molecule has 1 aliphatic rings. The Morgan fingerprint density at radius 3 is 3.12 bits per heavy atom. The van der Waals surface area contributed by atoms with Crippen molar-refractivity contribution in [3.63, 3.8) is 0 Å². The van der Waals surface area contributed by atoms with Crippen molar-refractivity contribution in [2.75, 3.05) is 13.1 Å². The summed E-state index contributed by atoms with van der Waals surface area (Å²) in [6.45, 7) is 4.31. The van der Waals surface area contributed by atoms with Crippen LogP contribution in [0.15, 0.2) is 12.3 Å². The van der Waals surface area contributed by atoms with Crippen LogP contribution in [-0.2, 0) is 18.4 Å². The first-order valence-corrected chi connectivity index (χ1v) is 6.08. The molecular weight excluding hydrogens is 216 g/mol. The molecular formula is C12H20N4O. The van der Waals surface area contributed by atoms with Crippen LogP contribution in [0.25, 0.3) is 0 Å². The lowest BCUT2D eigenvalue weighted by Gasteiger charge is -2.32. The zero-order valence-electron chi connectivity index (χ0n) is 10.5. The molecule has 1 atom stereocenters. The fraction of sp³-hybridized carbons (Fsp3) is 0.667. The van der Waals surface area contributed by atoms with E-state index in [0.717, 1.165) is 31.6 Å². The van der Waals surface area contributed by atoms with Gasteiger partial charge in [-0.2, -0.15) is 5.10 Å². The standard InChI is InChI=1S/C12H20N4O/c1-12(5-3-6-13-9-12)11(17)14-8-10-4-7-16(2)15-10/h4,7,13H,3,5-6,8-9H2,1-2H3,(H,14,17). The Labute approximate surface area is 102 Å². The van der Waals surface area contributed by atoms with Gasteiger partial charge in [0.1, 0.15) is 0 Å². The van der Waals surface area contributed by atoms with Crippen molar-refractivity contribution >= 4 is 5.91 Å². The molecule has 1 aromatic rings. The summed E-state index contributed by atoms with van der Waals surface area (Å²) in [5, 5.41) is 10.5. The number of piperidine rings is 1. The summed E-state index contributed by atoms with van der Waals surface area (Å²) in [7, 11) is 1.87. The van der Waals surface area contributed by atoms with E-state index in [2.05, 4.69) is 15.7 Å². The molecule has 1 amide bonds. The van der Waals surface area contributed by atoms with Crippen LogP contribution in [-0.4, -0.2) is 28.8 Å². The van der Waals surface area contributed by atoms with Gasteiger partial charge in [0.15, 0.2) is 0 Å². The summed E-state index contributed by atoms with van der Waals surface area (Å²) in [5.41, 5.74) is 0.626. The highest BCUT2D eigenvalue weighted by atomic mass is 16.2. The van der Waals surface area contributed by atoms with E-state index < -0.39 is 0 Å². The fourth-order valence-corrected chi connectivity index (χ4v) is 2.19. The van der Waals surface area contributed by atoms with E-state index in [4.69, 9.17) is 0 Å². The Kier molecular flexibility index (Phi) is 3.47. The van der Waals surface area contributed by atoms with E-state index in [1.165, 1.54) is 0 Å². The van der Waals surface area contributed by atoms with Crippen molar-refractivity contribution in [1.82, 2.24) is 20.4 Å². The summed E-state index contributed by atoms with van der Waals surface area (Å²) < 4.78 is 1.74. The normalized spacial score (nSPS) is 24.6. The molecule has 1 fully saturated rings. The van der Waals surface area contributed by atoms with Crippen molar-refractivity contribution in [2.45, 2.75) is 26.3 Å². The Morgan fingerprint density at radius 2 is 2.53 bits per heavy atom. The van der Waals surface area contributed by atoms with Gasteiger partial charge < -0.3 is 10.6 Å². The van der Waals surface area contributed by atoms with Gasteiger partial charge in [-0.25, -0.2) is 0 Å². The highest BCUT2D eigenvalue weighted by molar-refractivity contribution is 5.82. The first-order valence-electron chi connectivity index (χ1n) is 6.08. The fourth-order valence-electron chi connectivity index (χ4n) is 2.19. The summed E-state index contributed by atoms with van der Waals surface area (Å²) >= 11 is 0. The molecule has 1 aliphatic heterocycles. The smallest absolute Gasteiger partial charge is 0.227 e. The molecule has 17 heavy (non-hydrogen) atoms. The summed E-state index contributed by atoms with van der Waals surface area (Å²) in [4.78, 5) is 12.1. The highest BCUT2D eigenvalue weighted by Gasteiger charge is 2.34. The third-order valence-corrected chi connectivity index (χ3v) is 3.34. The van der Waals surface area contributed by atoms with E-state index in [1.807, 2.05) is 26.2 Å². The number of amides is 1. The maximum Gasteiger partial charge on any atom is 0.227 e. The van der Waals surface area contributed by atoms with Gasteiger partial charge in [-0.05, 0) is 32.4 Å². The molecule has 1 saturated heterocycles. The number of hydrogen-bond donors (Lipinski definition) is 2. The van der Waals surface area contributed by atoms with Crippen molar-refractivity contribution in [3.05, 3.63) is 18.0 Å². The Hall–Kier alpha value is -1.36. The second-order valence-corrected chi connectivity index (χ2v) is 5.00. The quantitative estimate of drug-likeness (QED) is 0.800. The maximum absolute atomic E-state index is 12.1. The highest BCUT2D eigenvalue weighted by Crippen LogP contribution is 2.25. The molecule has 5 heteroatoms. The molecule has 1 unspecified atom stereocenters. The lowest BCUT2D eigenvalue weighted by molar-refractivity contribution is -0.131. The van der Waals surface area contributed by atoms with Gasteiger partial charge in [-0.3, -0.25) is 9.48 Å². The first-order chi connectivity index (χ1) is 8.10. The molecule has 0 spiro atoms. The minimum Gasteiger partial charge on any atom is -0.350 e. The van der Waals surface area contributed by atoms with Crippen LogP contribution in [0.5, 0.6) is 0 Å². The third-order valence-electron chi connectivity index (χ3n) is 3.34. The number of nitrogens with zero attached hydrogens (tertiary/aromatic N) is 2. The van der Waals surface area contributed by atoms with Crippen LogP contribution in [0.2, 0.25) is 0 Å². The second kappa shape index (κ2) is 4.87. The summed E-state index contributed by atoms with van der Waals surface area (Å²) in [6.07, 6.45) is 3.90. The third kappa shape index (κ3) is 2.85. The molecule has 2 heterocycles. The van der Waals surface area contributed by atoms with Crippen LogP contribution in [0.1, 0.15) is 25.5 Å². The molecule has 2 rings (SSSR count). The van der Waals surface area contributed by atoms with Crippen molar-refractivity contribution in [1.29, 1.82) is 0 Å². The van der Waals surface area contributed by atoms with Gasteiger partial charge >= 0.3 is 0 Å². The van der Waals surface area contributed by atoms with E-state index in [1.54, 1.807) is 4.68 Å². The van der Waals surface area contributed by atoms with Gasteiger partial charge in [0.25, 0.3) is 0 Å². The number of carbonyl (C=O) groups excluding carboxylic acids is 1. The van der Waals surface area contributed by atoms with Gasteiger partial charge in [0.2, 0.25) is 5.91 Å². The molecule has 0 aromatic carbocycles. The van der Waals surface area contributed by atoms with Crippen molar-refractivity contribution < 1.29 is 4.79 Å². The van der Waals surface area contributed by atoms with Gasteiger partial charge in [-0.1, -0.05) is 0 Å². The largest absolute Gasteiger partial charge is 0.350 e. The van der Waals surface area contributed by atoms with E-state index in [0.29, 0.717) is 6.54 Å². The number of nitrogens with one attached hydrogen (secondary N) is 2. The van der Waals surface area contributed by atoms with E-state index in [-0.39, 0.29) is 11.3 Å². The second-order valence-electron chi connectivity index (χ2n) is 5.00. The molecule has 0 aliphatic carbocycles. The number of aromatic nitrogens is 2. The van der Waals surface area contributed by atoms with Gasteiger partial charge in [0, 0.05) is 19.8 Å². The molecule has 1 aromatic heterocycles. The number of rotatable bonds is 3. The van der Waals surface area contributed by atoms with Crippen molar-refractivity contribution in [3.8, 4) is 0 Å². The van der Waals surface area contributed by atoms with Crippen LogP contribution in [0.3, 0.4) is 0 Å². The van der Waals surface area contributed by atoms with Crippen molar-refractivity contribution in [2.24, 2.45) is 12.5 Å². The predicted octanol–water partition coefficient (Wildman–Crippen LogP) is 0.426. The molecule has 0 radical (unpaired) electrons. The molecule has 94 valence electrons. The Bertz CT molecular complexity index is 393. The summed E-state index contributed by atoms with van der Waals surface area (Å²) in [6, 6.07) is 1.92. The monoisotopic (exact) mass is 236 g/mol. The van der Waals surface area contributed by atoms with Crippen LogP contribution in [0, 0.1) is 5.41 Å². The predicted molar refractivity (Wildman–Crippen MR) is 65.3 cm³/mol. The number of aryl methyl sites for hydroxylation is 1. The lowest BCUT2D eigenvalue weighted by Crippen LogP contribution is -2.48. The zero-order chi connectivity index (χ0) is 12.3. The summed E-state index contributed by atoms with van der Waals surface area (Å²) in [5.74, 6) is 0.121. The van der Waals surface area contributed by atoms with Gasteiger partial charge in [-0.15, -0.1) is 0 Å². The minimum atomic E-state index is -0.271. The Balaban J connectivity index is 1.88. The minimum absolute atomic E-state index is 0.121. The molecule has 0 bridgehead atoms.